The first-order valence-corrected chi connectivity index (χ1v) is 8.34. The summed E-state index contributed by atoms with van der Waals surface area (Å²) in [4.78, 5) is 3.36. The smallest absolute Gasteiger partial charge is 0.119 e. The Hall–Kier alpha value is -2.48. The van der Waals surface area contributed by atoms with Gasteiger partial charge in [-0.1, -0.05) is 50.1 Å². The highest BCUT2D eigenvalue weighted by molar-refractivity contribution is 5.71. The van der Waals surface area contributed by atoms with Crippen LogP contribution in [0.2, 0.25) is 0 Å². The summed E-state index contributed by atoms with van der Waals surface area (Å²) in [6, 6.07) is 20.9. The van der Waals surface area contributed by atoms with Crippen LogP contribution >= 0.6 is 0 Å². The van der Waals surface area contributed by atoms with Gasteiger partial charge in [-0.05, 0) is 53.4 Å². The molecule has 0 bridgehead atoms. The fourth-order valence-electron chi connectivity index (χ4n) is 2.63. The second-order valence-corrected chi connectivity index (χ2v) is 5.75. The van der Waals surface area contributed by atoms with E-state index in [1.165, 1.54) is 29.5 Å². The molecule has 1 aromatic heterocycles. The zero-order chi connectivity index (χ0) is 15.9. The van der Waals surface area contributed by atoms with E-state index in [2.05, 4.69) is 60.6 Å². The van der Waals surface area contributed by atoms with Crippen LogP contribution in [0.25, 0.3) is 22.4 Å². The Labute approximate surface area is 138 Å². The number of rotatable bonds is 7. The van der Waals surface area contributed by atoms with Crippen molar-refractivity contribution in [1.29, 1.82) is 0 Å². The van der Waals surface area contributed by atoms with E-state index in [4.69, 9.17) is 4.74 Å². The van der Waals surface area contributed by atoms with Gasteiger partial charge < -0.3 is 9.72 Å². The lowest BCUT2D eigenvalue weighted by Crippen LogP contribution is -1.96. The van der Waals surface area contributed by atoms with Crippen LogP contribution < -0.4 is 4.74 Å². The first-order chi connectivity index (χ1) is 11.4. The van der Waals surface area contributed by atoms with Gasteiger partial charge in [0.15, 0.2) is 0 Å². The monoisotopic (exact) mass is 305 g/mol. The molecule has 0 amide bonds. The lowest BCUT2D eigenvalue weighted by Gasteiger charge is -2.06. The normalized spacial score (nSPS) is 10.7. The van der Waals surface area contributed by atoms with Gasteiger partial charge in [0, 0.05) is 11.9 Å². The predicted molar refractivity (Wildman–Crippen MR) is 96.7 cm³/mol. The molecule has 2 nitrogen and oxygen atoms in total. The SMILES string of the molecule is CCCCCOc1ccc(-c2cc(-c3ccccc3)c[nH]2)cc1. The van der Waals surface area contributed by atoms with Crippen molar-refractivity contribution in [3.8, 4) is 28.1 Å². The largest absolute Gasteiger partial charge is 0.494 e. The van der Waals surface area contributed by atoms with Crippen LogP contribution in [-0.2, 0) is 0 Å². The Kier molecular flexibility index (Phi) is 5.15. The van der Waals surface area contributed by atoms with Crippen LogP contribution in [0.15, 0.2) is 66.9 Å². The van der Waals surface area contributed by atoms with Gasteiger partial charge >= 0.3 is 0 Å². The summed E-state index contributed by atoms with van der Waals surface area (Å²) in [7, 11) is 0. The molecule has 0 spiro atoms. The quantitative estimate of drug-likeness (QED) is 0.539. The van der Waals surface area contributed by atoms with Gasteiger partial charge in [0.25, 0.3) is 0 Å². The van der Waals surface area contributed by atoms with Crippen molar-refractivity contribution in [2.75, 3.05) is 6.61 Å². The second-order valence-electron chi connectivity index (χ2n) is 5.75. The van der Waals surface area contributed by atoms with E-state index in [1.807, 2.05) is 18.2 Å². The Morgan fingerprint density at radius 1 is 0.826 bits per heavy atom. The summed E-state index contributed by atoms with van der Waals surface area (Å²) < 4.78 is 5.76. The standard InChI is InChI=1S/C21H23NO/c1-2-3-7-14-23-20-12-10-18(11-13-20)21-15-19(16-22-21)17-8-5-4-6-9-17/h4-6,8-13,15-16,22H,2-3,7,14H2,1H3. The van der Waals surface area contributed by atoms with Gasteiger partial charge in [-0.3, -0.25) is 0 Å². The molecule has 0 atom stereocenters. The molecular weight excluding hydrogens is 282 g/mol. The molecule has 118 valence electrons. The van der Waals surface area contributed by atoms with Crippen molar-refractivity contribution in [2.24, 2.45) is 0 Å². The van der Waals surface area contributed by atoms with Crippen molar-refractivity contribution in [3.63, 3.8) is 0 Å². The Morgan fingerprint density at radius 3 is 2.35 bits per heavy atom. The van der Waals surface area contributed by atoms with Crippen LogP contribution in [0, 0.1) is 0 Å². The first-order valence-electron chi connectivity index (χ1n) is 8.34. The first kappa shape index (κ1) is 15.4. The third kappa shape index (κ3) is 4.04. The number of unbranched alkanes of at least 4 members (excludes halogenated alkanes) is 2. The zero-order valence-electron chi connectivity index (χ0n) is 13.6. The van der Waals surface area contributed by atoms with E-state index < -0.39 is 0 Å². The summed E-state index contributed by atoms with van der Waals surface area (Å²) in [5.41, 5.74) is 4.74. The zero-order valence-corrected chi connectivity index (χ0v) is 13.6. The predicted octanol–water partition coefficient (Wildman–Crippen LogP) is 5.92. The van der Waals surface area contributed by atoms with Gasteiger partial charge in [-0.15, -0.1) is 0 Å². The number of aromatic nitrogens is 1. The Bertz CT molecular complexity index is 713. The van der Waals surface area contributed by atoms with Crippen molar-refractivity contribution < 1.29 is 4.74 Å². The summed E-state index contributed by atoms with van der Waals surface area (Å²) in [5, 5.41) is 0. The molecule has 1 N–H and O–H groups in total. The molecule has 3 rings (SSSR count). The van der Waals surface area contributed by atoms with E-state index in [-0.39, 0.29) is 0 Å². The van der Waals surface area contributed by atoms with Crippen molar-refractivity contribution in [1.82, 2.24) is 4.98 Å². The molecule has 2 aromatic carbocycles. The van der Waals surface area contributed by atoms with Crippen molar-refractivity contribution in [3.05, 3.63) is 66.9 Å². The average Bonchev–Trinajstić information content (AvgIpc) is 3.10. The van der Waals surface area contributed by atoms with Gasteiger partial charge in [-0.25, -0.2) is 0 Å². The molecular formula is C21H23NO. The molecule has 0 saturated heterocycles. The topological polar surface area (TPSA) is 25.0 Å². The molecule has 0 aliphatic carbocycles. The summed E-state index contributed by atoms with van der Waals surface area (Å²) in [6.45, 7) is 3.00. The lowest BCUT2D eigenvalue weighted by atomic mass is 10.1. The molecule has 0 unspecified atom stereocenters. The Balaban J connectivity index is 1.67. The van der Waals surface area contributed by atoms with Crippen LogP contribution in [0.3, 0.4) is 0 Å². The molecule has 0 fully saturated rings. The van der Waals surface area contributed by atoms with Crippen LogP contribution in [0.1, 0.15) is 26.2 Å². The highest BCUT2D eigenvalue weighted by atomic mass is 16.5. The summed E-state index contributed by atoms with van der Waals surface area (Å²) in [5.74, 6) is 0.944. The number of H-pyrrole nitrogens is 1. The minimum Gasteiger partial charge on any atom is -0.494 e. The number of aromatic amines is 1. The fourth-order valence-corrected chi connectivity index (χ4v) is 2.63. The molecule has 23 heavy (non-hydrogen) atoms. The number of nitrogens with one attached hydrogen (secondary N) is 1. The summed E-state index contributed by atoms with van der Waals surface area (Å²) >= 11 is 0. The molecule has 2 heteroatoms. The third-order valence-electron chi connectivity index (χ3n) is 3.97. The molecule has 0 radical (unpaired) electrons. The lowest BCUT2D eigenvalue weighted by molar-refractivity contribution is 0.306. The minimum atomic E-state index is 0.799. The van der Waals surface area contributed by atoms with E-state index in [9.17, 15) is 0 Å². The van der Waals surface area contributed by atoms with Gasteiger partial charge in [0.2, 0.25) is 0 Å². The number of benzene rings is 2. The number of hydrogen-bond donors (Lipinski definition) is 1. The van der Waals surface area contributed by atoms with Gasteiger partial charge in [0.05, 0.1) is 6.61 Å². The maximum Gasteiger partial charge on any atom is 0.119 e. The van der Waals surface area contributed by atoms with Crippen LogP contribution in [0.5, 0.6) is 5.75 Å². The number of ether oxygens (including phenoxy) is 1. The summed E-state index contributed by atoms with van der Waals surface area (Å²) in [6.07, 6.45) is 5.62. The maximum atomic E-state index is 5.76. The second kappa shape index (κ2) is 7.68. The Morgan fingerprint density at radius 2 is 1.61 bits per heavy atom. The average molecular weight is 305 g/mol. The third-order valence-corrected chi connectivity index (χ3v) is 3.97. The maximum absolute atomic E-state index is 5.76. The molecule has 1 heterocycles. The van der Waals surface area contributed by atoms with E-state index in [1.54, 1.807) is 0 Å². The van der Waals surface area contributed by atoms with Crippen LogP contribution in [-0.4, -0.2) is 11.6 Å². The van der Waals surface area contributed by atoms with Crippen molar-refractivity contribution >= 4 is 0 Å². The van der Waals surface area contributed by atoms with Gasteiger partial charge in [0.1, 0.15) is 5.75 Å². The minimum absolute atomic E-state index is 0.799. The van der Waals surface area contributed by atoms with E-state index >= 15 is 0 Å². The van der Waals surface area contributed by atoms with E-state index in [0.717, 1.165) is 24.5 Å². The highest BCUT2D eigenvalue weighted by Gasteiger charge is 2.04. The number of hydrogen-bond acceptors (Lipinski definition) is 1. The molecule has 3 aromatic rings. The van der Waals surface area contributed by atoms with Crippen LogP contribution in [0.4, 0.5) is 0 Å². The highest BCUT2D eigenvalue weighted by Crippen LogP contribution is 2.27. The van der Waals surface area contributed by atoms with Gasteiger partial charge in [-0.2, -0.15) is 0 Å². The van der Waals surface area contributed by atoms with E-state index in [0.29, 0.717) is 0 Å². The molecule has 0 saturated carbocycles. The molecule has 0 aliphatic rings. The molecule has 0 aliphatic heterocycles. The van der Waals surface area contributed by atoms with Crippen molar-refractivity contribution in [2.45, 2.75) is 26.2 Å². The fraction of sp³-hybridized carbons (Fsp3) is 0.238.